The molecule has 24 heavy (non-hydrogen) atoms. The molecule has 0 aliphatic rings. The number of guanidine groups is 1. The first-order chi connectivity index (χ1) is 11.5. The van der Waals surface area contributed by atoms with E-state index in [-0.39, 0.29) is 12.3 Å². The molecule has 0 fully saturated rings. The number of para-hydroxylation sites is 1. The summed E-state index contributed by atoms with van der Waals surface area (Å²) in [4.78, 5) is 4.36. The van der Waals surface area contributed by atoms with E-state index < -0.39 is 12.8 Å². The number of aliphatic imine (C=N–C) groups is 1. The summed E-state index contributed by atoms with van der Waals surface area (Å²) in [5, 5.41) is 6.16. The minimum absolute atomic E-state index is 0.184. The monoisotopic (exact) mass is 347 g/mol. The molecule has 2 N–H and O–H groups in total. The summed E-state index contributed by atoms with van der Waals surface area (Å²) in [5.74, 6) is 0.756. The minimum atomic E-state index is -4.37. The van der Waals surface area contributed by atoms with Crippen LogP contribution < -0.4 is 15.4 Å². The Bertz CT molecular complexity index is 508. The van der Waals surface area contributed by atoms with Crippen LogP contribution in [-0.4, -0.2) is 45.0 Å². The molecule has 0 radical (unpaired) electrons. The van der Waals surface area contributed by atoms with Crippen LogP contribution in [-0.2, 0) is 11.3 Å². The Morgan fingerprint density at radius 1 is 1.17 bits per heavy atom. The molecule has 1 aromatic rings. The van der Waals surface area contributed by atoms with E-state index in [0.717, 1.165) is 0 Å². The molecule has 136 valence electrons. The Hall–Kier alpha value is -1.96. The van der Waals surface area contributed by atoms with E-state index in [1.807, 2.05) is 13.8 Å². The maximum Gasteiger partial charge on any atom is 0.422 e. The smallest absolute Gasteiger partial charge is 0.422 e. The van der Waals surface area contributed by atoms with Crippen molar-refractivity contribution in [1.82, 2.24) is 10.6 Å². The van der Waals surface area contributed by atoms with Gasteiger partial charge < -0.3 is 20.1 Å². The second kappa shape index (κ2) is 10.7. The number of hydrogen-bond acceptors (Lipinski definition) is 3. The number of alkyl halides is 3. The number of halogens is 3. The summed E-state index contributed by atoms with van der Waals surface area (Å²) in [6.45, 7) is 5.18. The van der Waals surface area contributed by atoms with Crippen molar-refractivity contribution in [2.24, 2.45) is 4.99 Å². The molecule has 0 aliphatic carbocycles. The number of nitrogens with one attached hydrogen (secondary N) is 2. The van der Waals surface area contributed by atoms with Crippen molar-refractivity contribution in [3.63, 3.8) is 0 Å². The predicted molar refractivity (Wildman–Crippen MR) is 87.3 cm³/mol. The van der Waals surface area contributed by atoms with Gasteiger partial charge in [0.1, 0.15) is 5.75 Å². The average Bonchev–Trinajstić information content (AvgIpc) is 2.54. The molecule has 0 bridgehead atoms. The quantitative estimate of drug-likeness (QED) is 0.410. The maximum atomic E-state index is 12.3. The SMILES string of the molecule is CCNC(=NCc1ccccc1OCC(F)(F)F)NCCOCC. The fraction of sp³-hybridized carbons (Fsp3) is 0.562. The van der Waals surface area contributed by atoms with Gasteiger partial charge in [-0.15, -0.1) is 0 Å². The predicted octanol–water partition coefficient (Wildman–Crippen LogP) is 2.72. The van der Waals surface area contributed by atoms with Crippen LogP contribution in [0.25, 0.3) is 0 Å². The fourth-order valence-corrected chi connectivity index (χ4v) is 1.83. The Balaban J connectivity index is 2.67. The lowest BCUT2D eigenvalue weighted by Gasteiger charge is -2.14. The third-order valence-electron chi connectivity index (χ3n) is 2.86. The van der Waals surface area contributed by atoms with Crippen molar-refractivity contribution in [3.8, 4) is 5.75 Å². The van der Waals surface area contributed by atoms with Crippen LogP contribution in [0.3, 0.4) is 0 Å². The van der Waals surface area contributed by atoms with Crippen LogP contribution >= 0.6 is 0 Å². The van der Waals surface area contributed by atoms with Crippen molar-refractivity contribution in [1.29, 1.82) is 0 Å². The third-order valence-corrected chi connectivity index (χ3v) is 2.86. The van der Waals surface area contributed by atoms with Crippen LogP contribution in [0.2, 0.25) is 0 Å². The Morgan fingerprint density at radius 3 is 2.58 bits per heavy atom. The fourth-order valence-electron chi connectivity index (χ4n) is 1.83. The maximum absolute atomic E-state index is 12.3. The standard InChI is InChI=1S/C16H24F3N3O2/c1-3-20-15(21-9-10-23-4-2)22-11-13-7-5-6-8-14(13)24-12-16(17,18)19/h5-8H,3-4,9-12H2,1-2H3,(H2,20,21,22). The lowest BCUT2D eigenvalue weighted by Crippen LogP contribution is -2.39. The zero-order valence-corrected chi connectivity index (χ0v) is 13.9. The number of hydrogen-bond donors (Lipinski definition) is 2. The topological polar surface area (TPSA) is 54.9 Å². The van der Waals surface area contributed by atoms with Crippen LogP contribution in [0.4, 0.5) is 13.2 Å². The highest BCUT2D eigenvalue weighted by molar-refractivity contribution is 5.79. The normalized spacial score (nSPS) is 12.1. The van der Waals surface area contributed by atoms with Crippen molar-refractivity contribution in [2.75, 3.05) is 32.9 Å². The first-order valence-electron chi connectivity index (χ1n) is 7.83. The molecular weight excluding hydrogens is 323 g/mol. The molecule has 0 amide bonds. The highest BCUT2D eigenvalue weighted by Crippen LogP contribution is 2.22. The van der Waals surface area contributed by atoms with Gasteiger partial charge in [0.2, 0.25) is 0 Å². The van der Waals surface area contributed by atoms with Crippen LogP contribution in [0, 0.1) is 0 Å². The molecule has 0 heterocycles. The number of nitrogens with zero attached hydrogens (tertiary/aromatic N) is 1. The molecule has 0 saturated carbocycles. The first-order valence-corrected chi connectivity index (χ1v) is 7.83. The van der Waals surface area contributed by atoms with Gasteiger partial charge in [-0.2, -0.15) is 13.2 Å². The van der Waals surface area contributed by atoms with Gasteiger partial charge in [0.25, 0.3) is 0 Å². The first kappa shape index (κ1) is 20.1. The molecule has 1 aromatic carbocycles. The van der Waals surface area contributed by atoms with Gasteiger partial charge in [-0.3, -0.25) is 0 Å². The van der Waals surface area contributed by atoms with Crippen molar-refractivity contribution in [3.05, 3.63) is 29.8 Å². The zero-order valence-electron chi connectivity index (χ0n) is 13.9. The summed E-state index contributed by atoms with van der Waals surface area (Å²) >= 11 is 0. The molecule has 0 aliphatic heterocycles. The summed E-state index contributed by atoms with van der Waals surface area (Å²) in [6, 6.07) is 6.57. The number of rotatable bonds is 9. The second-order valence-electron chi connectivity index (χ2n) is 4.83. The van der Waals surface area contributed by atoms with E-state index in [2.05, 4.69) is 15.6 Å². The molecule has 0 atom stereocenters. The molecule has 1 rings (SSSR count). The van der Waals surface area contributed by atoms with Gasteiger partial charge in [0.05, 0.1) is 13.2 Å². The Labute approximate surface area is 140 Å². The van der Waals surface area contributed by atoms with Gasteiger partial charge in [0.15, 0.2) is 12.6 Å². The van der Waals surface area contributed by atoms with Gasteiger partial charge in [-0.25, -0.2) is 4.99 Å². The van der Waals surface area contributed by atoms with Crippen LogP contribution in [0.5, 0.6) is 5.75 Å². The van der Waals surface area contributed by atoms with E-state index in [0.29, 0.717) is 37.8 Å². The summed E-state index contributed by atoms with van der Waals surface area (Å²) < 4.78 is 47.0. The van der Waals surface area contributed by atoms with Crippen molar-refractivity contribution < 1.29 is 22.6 Å². The van der Waals surface area contributed by atoms with Crippen molar-refractivity contribution >= 4 is 5.96 Å². The molecule has 5 nitrogen and oxygen atoms in total. The summed E-state index contributed by atoms with van der Waals surface area (Å²) in [7, 11) is 0. The highest BCUT2D eigenvalue weighted by atomic mass is 19.4. The molecule has 0 spiro atoms. The van der Waals surface area contributed by atoms with Crippen LogP contribution in [0.15, 0.2) is 29.3 Å². The van der Waals surface area contributed by atoms with Gasteiger partial charge >= 0.3 is 6.18 Å². The largest absolute Gasteiger partial charge is 0.484 e. The molecule has 0 aromatic heterocycles. The lowest BCUT2D eigenvalue weighted by molar-refractivity contribution is -0.153. The van der Waals surface area contributed by atoms with Crippen LogP contribution in [0.1, 0.15) is 19.4 Å². The molecule has 8 heteroatoms. The van der Waals surface area contributed by atoms with Crippen molar-refractivity contribution in [2.45, 2.75) is 26.6 Å². The summed E-state index contributed by atoms with van der Waals surface area (Å²) in [5.41, 5.74) is 0.587. The van der Waals surface area contributed by atoms with Gasteiger partial charge in [0, 0.05) is 25.3 Å². The van der Waals surface area contributed by atoms with E-state index in [1.165, 1.54) is 6.07 Å². The Morgan fingerprint density at radius 2 is 1.92 bits per heavy atom. The van der Waals surface area contributed by atoms with E-state index in [4.69, 9.17) is 9.47 Å². The highest BCUT2D eigenvalue weighted by Gasteiger charge is 2.28. The molecule has 0 saturated heterocycles. The van der Waals surface area contributed by atoms with Gasteiger partial charge in [-0.05, 0) is 19.9 Å². The van der Waals surface area contributed by atoms with E-state index in [9.17, 15) is 13.2 Å². The average molecular weight is 347 g/mol. The third kappa shape index (κ3) is 8.61. The summed E-state index contributed by atoms with van der Waals surface area (Å²) in [6.07, 6.45) is -4.37. The molecular formula is C16H24F3N3O2. The van der Waals surface area contributed by atoms with E-state index >= 15 is 0 Å². The van der Waals surface area contributed by atoms with Gasteiger partial charge in [-0.1, -0.05) is 18.2 Å². The molecule has 0 unspecified atom stereocenters. The number of benzene rings is 1. The zero-order chi connectivity index (χ0) is 17.8. The second-order valence-corrected chi connectivity index (χ2v) is 4.83. The minimum Gasteiger partial charge on any atom is -0.484 e. The number of ether oxygens (including phenoxy) is 2. The Kier molecular flexibility index (Phi) is 8.99. The lowest BCUT2D eigenvalue weighted by atomic mass is 10.2. The van der Waals surface area contributed by atoms with E-state index in [1.54, 1.807) is 18.2 Å².